The Hall–Kier alpha value is -0.690. The normalized spacial score (nSPS) is 26.6. The second-order valence-electron chi connectivity index (χ2n) is 6.06. The summed E-state index contributed by atoms with van der Waals surface area (Å²) in [6.45, 7) is 0.856. The van der Waals surface area contributed by atoms with Gasteiger partial charge in [0, 0.05) is 11.8 Å². The van der Waals surface area contributed by atoms with Crippen molar-refractivity contribution in [1.82, 2.24) is 0 Å². The van der Waals surface area contributed by atoms with Crippen molar-refractivity contribution in [3.63, 3.8) is 0 Å². The predicted octanol–water partition coefficient (Wildman–Crippen LogP) is 4.74. The second kappa shape index (κ2) is 6.17. The van der Waals surface area contributed by atoms with Crippen LogP contribution in [-0.2, 0) is 12.8 Å². The lowest BCUT2D eigenvalue weighted by Crippen LogP contribution is -2.07. The van der Waals surface area contributed by atoms with Crippen LogP contribution < -0.4 is 4.74 Å². The van der Waals surface area contributed by atoms with Gasteiger partial charge >= 0.3 is 0 Å². The maximum atomic E-state index is 6.36. The van der Waals surface area contributed by atoms with Gasteiger partial charge in [0.1, 0.15) is 5.75 Å². The van der Waals surface area contributed by atoms with Gasteiger partial charge in [0.15, 0.2) is 0 Å². The number of fused-ring (bicyclic) bond motifs is 1. The van der Waals surface area contributed by atoms with Crippen molar-refractivity contribution >= 4 is 11.6 Å². The summed E-state index contributed by atoms with van der Waals surface area (Å²) in [5, 5.41) is 0.418. The van der Waals surface area contributed by atoms with E-state index in [1.54, 1.807) is 0 Å². The summed E-state index contributed by atoms with van der Waals surface area (Å²) < 4.78 is 5.56. The Bertz CT molecular complexity index is 429. The van der Waals surface area contributed by atoms with Crippen molar-refractivity contribution in [3.05, 3.63) is 29.3 Å². The molecule has 1 aromatic rings. The average Bonchev–Trinajstić information content (AvgIpc) is 2.78. The van der Waals surface area contributed by atoms with E-state index < -0.39 is 0 Å². The van der Waals surface area contributed by atoms with Crippen molar-refractivity contribution in [2.45, 2.75) is 56.7 Å². The molecule has 0 N–H and O–H groups in total. The van der Waals surface area contributed by atoms with E-state index in [-0.39, 0.29) is 0 Å². The number of benzene rings is 1. The second-order valence-corrected chi connectivity index (χ2v) is 6.68. The van der Waals surface area contributed by atoms with Gasteiger partial charge in [0.05, 0.1) is 6.61 Å². The molecule has 2 aliphatic rings. The number of alkyl halides is 1. The fourth-order valence-electron chi connectivity index (χ4n) is 3.42. The largest absolute Gasteiger partial charge is 0.493 e. The molecule has 3 rings (SSSR count). The molecule has 1 saturated carbocycles. The summed E-state index contributed by atoms with van der Waals surface area (Å²) in [6.07, 6.45) is 10.1. The summed E-state index contributed by atoms with van der Waals surface area (Å²) in [5.74, 6) is 1.92. The van der Waals surface area contributed by atoms with E-state index in [0.29, 0.717) is 5.38 Å². The fraction of sp³-hybridized carbons (Fsp3) is 0.647. The molecular formula is C17H23ClO. The van der Waals surface area contributed by atoms with Crippen LogP contribution in [0.2, 0.25) is 0 Å². The van der Waals surface area contributed by atoms with Crippen molar-refractivity contribution in [2.24, 2.45) is 5.92 Å². The molecular weight excluding hydrogens is 256 g/mol. The van der Waals surface area contributed by atoms with Crippen LogP contribution in [-0.4, -0.2) is 12.0 Å². The van der Waals surface area contributed by atoms with Gasteiger partial charge in [-0.15, -0.1) is 11.6 Å². The lowest BCUT2D eigenvalue weighted by molar-refractivity contribution is 0.357. The molecule has 1 aromatic carbocycles. The van der Waals surface area contributed by atoms with Crippen LogP contribution in [0.1, 0.15) is 49.7 Å². The maximum Gasteiger partial charge on any atom is 0.122 e. The number of halogens is 1. The highest BCUT2D eigenvalue weighted by molar-refractivity contribution is 6.20. The molecule has 0 spiro atoms. The van der Waals surface area contributed by atoms with Crippen LogP contribution in [0.4, 0.5) is 0 Å². The summed E-state index contributed by atoms with van der Waals surface area (Å²) in [5.41, 5.74) is 2.87. The van der Waals surface area contributed by atoms with E-state index in [1.165, 1.54) is 56.1 Å². The van der Waals surface area contributed by atoms with Gasteiger partial charge in [-0.3, -0.25) is 0 Å². The van der Waals surface area contributed by atoms with Gasteiger partial charge in [-0.2, -0.15) is 0 Å². The zero-order valence-electron chi connectivity index (χ0n) is 11.5. The first kappa shape index (κ1) is 13.3. The minimum atomic E-state index is 0.418. The minimum absolute atomic E-state index is 0.418. The van der Waals surface area contributed by atoms with Gasteiger partial charge in [0.2, 0.25) is 0 Å². The highest BCUT2D eigenvalue weighted by Gasteiger charge is 2.19. The predicted molar refractivity (Wildman–Crippen MR) is 80.2 cm³/mol. The van der Waals surface area contributed by atoms with Crippen LogP contribution in [0.25, 0.3) is 0 Å². The molecule has 2 atom stereocenters. The first-order chi connectivity index (χ1) is 9.31. The van der Waals surface area contributed by atoms with E-state index in [4.69, 9.17) is 16.3 Å². The highest BCUT2D eigenvalue weighted by Crippen LogP contribution is 2.31. The SMILES string of the molecule is ClC1CCCCC(CCc2ccc3c(c2)CCO3)C1. The molecule has 19 heavy (non-hydrogen) atoms. The molecule has 2 heteroatoms. The quantitative estimate of drug-likeness (QED) is 0.573. The number of hydrogen-bond acceptors (Lipinski definition) is 1. The topological polar surface area (TPSA) is 9.23 Å². The minimum Gasteiger partial charge on any atom is -0.493 e. The van der Waals surface area contributed by atoms with Crippen LogP contribution in [0.5, 0.6) is 5.75 Å². The standard InChI is InChI=1S/C17H23ClO/c18-16-4-2-1-3-13(12-16)5-6-14-7-8-17-15(11-14)9-10-19-17/h7-8,11,13,16H,1-6,9-10,12H2. The summed E-state index contributed by atoms with van der Waals surface area (Å²) in [7, 11) is 0. The Morgan fingerprint density at radius 1 is 1.21 bits per heavy atom. The van der Waals surface area contributed by atoms with E-state index in [2.05, 4.69) is 18.2 Å². The zero-order chi connectivity index (χ0) is 13.1. The van der Waals surface area contributed by atoms with E-state index in [1.807, 2.05) is 0 Å². The first-order valence-corrected chi connectivity index (χ1v) is 8.13. The number of rotatable bonds is 3. The Balaban J connectivity index is 1.56. The lowest BCUT2D eigenvalue weighted by Gasteiger charge is -2.16. The Morgan fingerprint density at radius 3 is 3.05 bits per heavy atom. The molecule has 104 valence electrons. The molecule has 1 aliphatic carbocycles. The molecule has 1 heterocycles. The number of ether oxygens (including phenoxy) is 1. The Labute approximate surface area is 121 Å². The van der Waals surface area contributed by atoms with Crippen LogP contribution in [0, 0.1) is 5.92 Å². The first-order valence-electron chi connectivity index (χ1n) is 7.70. The van der Waals surface area contributed by atoms with Gasteiger partial charge in [-0.05, 0) is 48.8 Å². The fourth-order valence-corrected chi connectivity index (χ4v) is 3.83. The van der Waals surface area contributed by atoms with Crippen molar-refractivity contribution in [3.8, 4) is 5.75 Å². The number of hydrogen-bond donors (Lipinski definition) is 0. The van der Waals surface area contributed by atoms with Crippen molar-refractivity contribution in [1.29, 1.82) is 0 Å². The molecule has 0 saturated heterocycles. The molecule has 1 aliphatic heterocycles. The van der Waals surface area contributed by atoms with Crippen LogP contribution >= 0.6 is 11.6 Å². The smallest absolute Gasteiger partial charge is 0.122 e. The zero-order valence-corrected chi connectivity index (χ0v) is 12.3. The highest BCUT2D eigenvalue weighted by atomic mass is 35.5. The molecule has 2 unspecified atom stereocenters. The summed E-state index contributed by atoms with van der Waals surface area (Å²) in [4.78, 5) is 0. The third kappa shape index (κ3) is 3.45. The molecule has 0 radical (unpaired) electrons. The monoisotopic (exact) mass is 278 g/mol. The van der Waals surface area contributed by atoms with Gasteiger partial charge in [-0.1, -0.05) is 31.4 Å². The molecule has 0 aromatic heterocycles. The van der Waals surface area contributed by atoms with Crippen LogP contribution in [0.3, 0.4) is 0 Å². The third-order valence-electron chi connectivity index (χ3n) is 4.56. The Kier molecular flexibility index (Phi) is 4.32. The van der Waals surface area contributed by atoms with E-state index in [9.17, 15) is 0 Å². The molecule has 0 bridgehead atoms. The average molecular weight is 279 g/mol. The summed E-state index contributed by atoms with van der Waals surface area (Å²) >= 11 is 6.36. The lowest BCUT2D eigenvalue weighted by atomic mass is 9.92. The van der Waals surface area contributed by atoms with Crippen molar-refractivity contribution < 1.29 is 4.74 Å². The van der Waals surface area contributed by atoms with E-state index in [0.717, 1.165) is 24.7 Å². The van der Waals surface area contributed by atoms with Crippen LogP contribution in [0.15, 0.2) is 18.2 Å². The van der Waals surface area contributed by atoms with Gasteiger partial charge < -0.3 is 4.74 Å². The summed E-state index contributed by atoms with van der Waals surface area (Å²) in [6, 6.07) is 6.73. The van der Waals surface area contributed by atoms with Crippen molar-refractivity contribution in [2.75, 3.05) is 6.61 Å². The third-order valence-corrected chi connectivity index (χ3v) is 4.96. The molecule has 0 amide bonds. The van der Waals surface area contributed by atoms with Gasteiger partial charge in [-0.25, -0.2) is 0 Å². The number of aryl methyl sites for hydroxylation is 1. The molecule has 1 fully saturated rings. The Morgan fingerprint density at radius 2 is 2.11 bits per heavy atom. The van der Waals surface area contributed by atoms with E-state index >= 15 is 0 Å². The maximum absolute atomic E-state index is 6.36. The molecule has 1 nitrogen and oxygen atoms in total. The van der Waals surface area contributed by atoms with Gasteiger partial charge in [0.25, 0.3) is 0 Å².